The molecule has 0 radical (unpaired) electrons. The normalized spacial score (nSPS) is 9.60. The van der Waals surface area contributed by atoms with E-state index in [1.165, 1.54) is 19.9 Å². The summed E-state index contributed by atoms with van der Waals surface area (Å²) in [5.74, 6) is 1.77. The van der Waals surface area contributed by atoms with Crippen molar-refractivity contribution in [1.82, 2.24) is 0 Å². The Labute approximate surface area is 66.0 Å². The maximum Gasteiger partial charge on any atom is -0.0195 e. The van der Waals surface area contributed by atoms with Gasteiger partial charge in [0.25, 0.3) is 0 Å². The van der Waals surface area contributed by atoms with Crippen molar-refractivity contribution in [2.24, 2.45) is 17.6 Å². The van der Waals surface area contributed by atoms with Crippen molar-refractivity contribution in [1.29, 1.82) is 0 Å². The SMILES string of the molecule is CC(C)CCC(C)C.CN. The Morgan fingerprint density at radius 3 is 1.10 bits per heavy atom. The van der Waals surface area contributed by atoms with Crippen LogP contribution in [0.1, 0.15) is 40.5 Å². The molecule has 0 fully saturated rings. The van der Waals surface area contributed by atoms with Crippen LogP contribution in [0.15, 0.2) is 0 Å². The van der Waals surface area contributed by atoms with Crippen molar-refractivity contribution >= 4 is 0 Å². The van der Waals surface area contributed by atoms with E-state index in [1.54, 1.807) is 0 Å². The molecule has 0 spiro atoms. The van der Waals surface area contributed by atoms with Gasteiger partial charge < -0.3 is 5.73 Å². The molecule has 0 aromatic carbocycles. The van der Waals surface area contributed by atoms with Gasteiger partial charge in [0, 0.05) is 0 Å². The fraction of sp³-hybridized carbons (Fsp3) is 1.00. The summed E-state index contributed by atoms with van der Waals surface area (Å²) < 4.78 is 0. The summed E-state index contributed by atoms with van der Waals surface area (Å²) in [4.78, 5) is 0. The Kier molecular flexibility index (Phi) is 11.3. The molecule has 0 saturated carbocycles. The first kappa shape index (κ1) is 12.6. The van der Waals surface area contributed by atoms with Crippen molar-refractivity contribution in [2.75, 3.05) is 7.05 Å². The molecule has 0 aromatic rings. The van der Waals surface area contributed by atoms with E-state index in [9.17, 15) is 0 Å². The largest absolute Gasteiger partial charge is 0.333 e. The van der Waals surface area contributed by atoms with Crippen LogP contribution in [0.2, 0.25) is 0 Å². The first-order chi connectivity index (χ1) is 4.63. The van der Waals surface area contributed by atoms with Gasteiger partial charge in [0.15, 0.2) is 0 Å². The first-order valence-corrected chi connectivity index (χ1v) is 4.20. The molecular weight excluding hydrogens is 122 g/mol. The van der Waals surface area contributed by atoms with Gasteiger partial charge in [-0.15, -0.1) is 0 Å². The average Bonchev–Trinajstić information content (AvgIpc) is 1.89. The molecule has 0 amide bonds. The smallest absolute Gasteiger partial charge is 0.0195 e. The molecule has 2 N–H and O–H groups in total. The van der Waals surface area contributed by atoms with Crippen molar-refractivity contribution in [3.05, 3.63) is 0 Å². The summed E-state index contributed by atoms with van der Waals surface area (Å²) in [5.41, 5.74) is 4.50. The van der Waals surface area contributed by atoms with Gasteiger partial charge in [-0.3, -0.25) is 0 Å². The van der Waals surface area contributed by atoms with Gasteiger partial charge >= 0.3 is 0 Å². The summed E-state index contributed by atoms with van der Waals surface area (Å²) in [6, 6.07) is 0. The molecule has 0 aromatic heterocycles. The Bertz CT molecular complexity index is 40.7. The van der Waals surface area contributed by atoms with Crippen LogP contribution in [-0.2, 0) is 0 Å². The van der Waals surface area contributed by atoms with Gasteiger partial charge in [-0.05, 0) is 18.9 Å². The van der Waals surface area contributed by atoms with E-state index in [0.29, 0.717) is 0 Å². The van der Waals surface area contributed by atoms with Crippen LogP contribution in [0.25, 0.3) is 0 Å². The Morgan fingerprint density at radius 1 is 0.800 bits per heavy atom. The van der Waals surface area contributed by atoms with E-state index in [-0.39, 0.29) is 0 Å². The van der Waals surface area contributed by atoms with E-state index < -0.39 is 0 Å². The molecule has 10 heavy (non-hydrogen) atoms. The first-order valence-electron chi connectivity index (χ1n) is 4.20. The molecule has 0 bridgehead atoms. The minimum Gasteiger partial charge on any atom is -0.333 e. The molecule has 0 saturated heterocycles. The second-order valence-electron chi connectivity index (χ2n) is 3.37. The minimum absolute atomic E-state index is 0.886. The average molecular weight is 145 g/mol. The second kappa shape index (κ2) is 8.96. The van der Waals surface area contributed by atoms with E-state index in [0.717, 1.165) is 11.8 Å². The zero-order chi connectivity index (χ0) is 8.57. The fourth-order valence-corrected chi connectivity index (χ4v) is 0.667. The summed E-state index contributed by atoms with van der Waals surface area (Å²) in [5, 5.41) is 0. The zero-order valence-electron chi connectivity index (χ0n) is 8.15. The van der Waals surface area contributed by atoms with Crippen molar-refractivity contribution < 1.29 is 0 Å². The number of hydrogen-bond donors (Lipinski definition) is 1. The Morgan fingerprint density at radius 2 is 1.00 bits per heavy atom. The molecule has 1 heteroatoms. The summed E-state index contributed by atoms with van der Waals surface area (Å²) in [7, 11) is 1.50. The molecule has 0 heterocycles. The topological polar surface area (TPSA) is 26.0 Å². The molecule has 0 unspecified atom stereocenters. The lowest BCUT2D eigenvalue weighted by Gasteiger charge is -2.05. The summed E-state index contributed by atoms with van der Waals surface area (Å²) >= 11 is 0. The maximum atomic E-state index is 4.50. The van der Waals surface area contributed by atoms with Crippen LogP contribution >= 0.6 is 0 Å². The molecule has 0 aliphatic heterocycles. The van der Waals surface area contributed by atoms with Gasteiger partial charge in [-0.2, -0.15) is 0 Å². The van der Waals surface area contributed by atoms with Crippen LogP contribution < -0.4 is 5.73 Å². The summed E-state index contributed by atoms with van der Waals surface area (Å²) in [6.07, 6.45) is 2.77. The quantitative estimate of drug-likeness (QED) is 0.649. The van der Waals surface area contributed by atoms with Crippen molar-refractivity contribution in [3.63, 3.8) is 0 Å². The lowest BCUT2D eigenvalue weighted by Crippen LogP contribution is -1.91. The molecular formula is C9H23N. The van der Waals surface area contributed by atoms with Gasteiger partial charge in [-0.25, -0.2) is 0 Å². The van der Waals surface area contributed by atoms with Crippen molar-refractivity contribution in [2.45, 2.75) is 40.5 Å². The predicted octanol–water partition coefficient (Wildman–Crippen LogP) is 2.65. The van der Waals surface area contributed by atoms with Gasteiger partial charge in [0.1, 0.15) is 0 Å². The Balaban J connectivity index is 0. The van der Waals surface area contributed by atoms with E-state index in [1.807, 2.05) is 0 Å². The third-order valence-corrected chi connectivity index (χ3v) is 1.32. The predicted molar refractivity (Wildman–Crippen MR) is 49.0 cm³/mol. The Hall–Kier alpha value is -0.0400. The molecule has 0 aliphatic carbocycles. The lowest BCUT2D eigenvalue weighted by molar-refractivity contribution is 0.476. The standard InChI is InChI=1S/C8H18.CH5N/c1-7(2)5-6-8(3)4;1-2/h7-8H,5-6H2,1-4H3;2H2,1H3. The van der Waals surface area contributed by atoms with Crippen LogP contribution in [0.5, 0.6) is 0 Å². The van der Waals surface area contributed by atoms with Crippen LogP contribution in [0.4, 0.5) is 0 Å². The third kappa shape index (κ3) is 15.7. The fourth-order valence-electron chi connectivity index (χ4n) is 0.667. The number of nitrogens with two attached hydrogens (primary N) is 1. The van der Waals surface area contributed by atoms with Crippen LogP contribution in [0, 0.1) is 11.8 Å². The molecule has 64 valence electrons. The monoisotopic (exact) mass is 145 g/mol. The van der Waals surface area contributed by atoms with E-state index in [2.05, 4.69) is 33.4 Å². The van der Waals surface area contributed by atoms with Crippen LogP contribution in [0.3, 0.4) is 0 Å². The highest BCUT2D eigenvalue weighted by molar-refractivity contribution is 4.48. The maximum absolute atomic E-state index is 4.50. The molecule has 0 atom stereocenters. The van der Waals surface area contributed by atoms with E-state index >= 15 is 0 Å². The third-order valence-electron chi connectivity index (χ3n) is 1.32. The lowest BCUT2D eigenvalue weighted by atomic mass is 10.0. The molecule has 0 rings (SSSR count). The summed E-state index contributed by atoms with van der Waals surface area (Å²) in [6.45, 7) is 9.12. The molecule has 0 aliphatic rings. The molecule has 1 nitrogen and oxygen atoms in total. The van der Waals surface area contributed by atoms with Gasteiger partial charge in [-0.1, -0.05) is 40.5 Å². The van der Waals surface area contributed by atoms with Gasteiger partial charge in [0.2, 0.25) is 0 Å². The number of rotatable bonds is 3. The minimum atomic E-state index is 0.886. The number of hydrogen-bond acceptors (Lipinski definition) is 1. The second-order valence-corrected chi connectivity index (χ2v) is 3.37. The van der Waals surface area contributed by atoms with E-state index in [4.69, 9.17) is 0 Å². The van der Waals surface area contributed by atoms with Crippen LogP contribution in [-0.4, -0.2) is 7.05 Å². The van der Waals surface area contributed by atoms with Gasteiger partial charge in [0.05, 0.1) is 0 Å². The highest BCUT2D eigenvalue weighted by atomic mass is 14.4. The van der Waals surface area contributed by atoms with Crippen molar-refractivity contribution in [3.8, 4) is 0 Å². The highest BCUT2D eigenvalue weighted by Crippen LogP contribution is 2.09. The highest BCUT2D eigenvalue weighted by Gasteiger charge is 1.95. The zero-order valence-corrected chi connectivity index (χ0v) is 8.15.